The van der Waals surface area contributed by atoms with Crippen LogP contribution < -0.4 is 10.6 Å². The molecule has 0 saturated carbocycles. The van der Waals surface area contributed by atoms with Gasteiger partial charge in [-0.3, -0.25) is 4.79 Å². The molecule has 0 bridgehead atoms. The van der Waals surface area contributed by atoms with Gasteiger partial charge in [0.25, 0.3) is 5.91 Å². The lowest BCUT2D eigenvalue weighted by molar-refractivity contribution is 0.0935. The first-order chi connectivity index (χ1) is 7.66. The molecule has 1 aliphatic rings. The molecule has 0 aromatic carbocycles. The van der Waals surface area contributed by atoms with Gasteiger partial charge in [0.1, 0.15) is 5.69 Å². The predicted molar refractivity (Wildman–Crippen MR) is 79.4 cm³/mol. The van der Waals surface area contributed by atoms with Crippen LogP contribution in [0.3, 0.4) is 0 Å². The first kappa shape index (κ1) is 17.6. The summed E-state index contributed by atoms with van der Waals surface area (Å²) >= 11 is 1.56. The molecular weight excluding hydrogens is 293 g/mol. The summed E-state index contributed by atoms with van der Waals surface area (Å²) in [6, 6.07) is 0.261. The van der Waals surface area contributed by atoms with Crippen molar-refractivity contribution in [2.75, 3.05) is 13.1 Å². The molecular formula is C11H19Cl2N3OS. The SMILES string of the molecule is CC(C)c1nc(C(=O)NC2CCNC2)cs1.Cl.Cl. The van der Waals surface area contributed by atoms with Gasteiger partial charge < -0.3 is 10.6 Å². The van der Waals surface area contributed by atoms with Crippen molar-refractivity contribution in [3.8, 4) is 0 Å². The van der Waals surface area contributed by atoms with Gasteiger partial charge in [0.05, 0.1) is 5.01 Å². The Balaban J connectivity index is 0.00000144. The number of amides is 1. The van der Waals surface area contributed by atoms with Crippen LogP contribution >= 0.6 is 36.2 Å². The van der Waals surface area contributed by atoms with Gasteiger partial charge >= 0.3 is 0 Å². The van der Waals surface area contributed by atoms with E-state index in [1.807, 2.05) is 5.38 Å². The number of halogens is 2. The number of carbonyl (C=O) groups excluding carboxylic acids is 1. The van der Waals surface area contributed by atoms with Gasteiger partial charge in [-0.05, 0) is 13.0 Å². The van der Waals surface area contributed by atoms with E-state index in [0.29, 0.717) is 11.6 Å². The molecule has 104 valence electrons. The van der Waals surface area contributed by atoms with E-state index < -0.39 is 0 Å². The number of aromatic nitrogens is 1. The molecule has 1 amide bonds. The smallest absolute Gasteiger partial charge is 0.271 e. The molecule has 0 radical (unpaired) electrons. The number of hydrogen-bond donors (Lipinski definition) is 2. The molecule has 4 nitrogen and oxygen atoms in total. The molecule has 1 aromatic rings. The Labute approximate surface area is 124 Å². The maximum absolute atomic E-state index is 11.8. The zero-order valence-corrected chi connectivity index (χ0v) is 12.9. The Hall–Kier alpha value is -0.360. The van der Waals surface area contributed by atoms with E-state index in [9.17, 15) is 4.79 Å². The normalized spacial score (nSPS) is 18.1. The first-order valence-corrected chi connectivity index (χ1v) is 6.52. The molecule has 1 atom stereocenters. The third kappa shape index (κ3) is 4.39. The highest BCUT2D eigenvalue weighted by Gasteiger charge is 2.19. The van der Waals surface area contributed by atoms with Crippen LogP contribution in [0, 0.1) is 0 Å². The lowest BCUT2D eigenvalue weighted by Crippen LogP contribution is -2.36. The van der Waals surface area contributed by atoms with E-state index in [1.54, 1.807) is 11.3 Å². The maximum atomic E-state index is 11.8. The molecule has 18 heavy (non-hydrogen) atoms. The van der Waals surface area contributed by atoms with Crippen LogP contribution in [0.2, 0.25) is 0 Å². The molecule has 1 saturated heterocycles. The van der Waals surface area contributed by atoms with Crippen molar-refractivity contribution in [2.45, 2.75) is 32.2 Å². The van der Waals surface area contributed by atoms with E-state index in [-0.39, 0.29) is 36.8 Å². The third-order valence-corrected chi connectivity index (χ3v) is 3.79. The first-order valence-electron chi connectivity index (χ1n) is 5.64. The van der Waals surface area contributed by atoms with Crippen LogP contribution in [0.15, 0.2) is 5.38 Å². The summed E-state index contributed by atoms with van der Waals surface area (Å²) in [4.78, 5) is 16.2. The largest absolute Gasteiger partial charge is 0.347 e. The standard InChI is InChI=1S/C11H17N3OS.2ClH/c1-7(2)11-14-9(6-16-11)10(15)13-8-3-4-12-5-8;;/h6-8,12H,3-5H2,1-2H3,(H,13,15);2*1H. The highest BCUT2D eigenvalue weighted by molar-refractivity contribution is 7.09. The van der Waals surface area contributed by atoms with Crippen molar-refractivity contribution in [1.82, 2.24) is 15.6 Å². The molecule has 2 rings (SSSR count). The van der Waals surface area contributed by atoms with E-state index >= 15 is 0 Å². The average molecular weight is 312 g/mol. The van der Waals surface area contributed by atoms with Crippen LogP contribution in [-0.2, 0) is 0 Å². The van der Waals surface area contributed by atoms with Gasteiger partial charge in [0.2, 0.25) is 0 Å². The van der Waals surface area contributed by atoms with E-state index in [1.165, 1.54) is 0 Å². The fourth-order valence-corrected chi connectivity index (χ4v) is 2.51. The zero-order valence-electron chi connectivity index (χ0n) is 10.4. The Morgan fingerprint density at radius 1 is 1.56 bits per heavy atom. The average Bonchev–Trinajstić information content (AvgIpc) is 2.86. The van der Waals surface area contributed by atoms with Crippen molar-refractivity contribution in [3.63, 3.8) is 0 Å². The van der Waals surface area contributed by atoms with Crippen LogP contribution in [0.25, 0.3) is 0 Å². The lowest BCUT2D eigenvalue weighted by atomic mass is 10.2. The summed E-state index contributed by atoms with van der Waals surface area (Å²) in [5.41, 5.74) is 0.556. The maximum Gasteiger partial charge on any atom is 0.271 e. The third-order valence-electron chi connectivity index (χ3n) is 2.64. The number of rotatable bonds is 3. The molecule has 1 fully saturated rings. The fraction of sp³-hybridized carbons (Fsp3) is 0.636. The van der Waals surface area contributed by atoms with Crippen molar-refractivity contribution in [1.29, 1.82) is 0 Å². The number of carbonyl (C=O) groups is 1. The molecule has 2 N–H and O–H groups in total. The van der Waals surface area contributed by atoms with Gasteiger partial charge in [-0.1, -0.05) is 13.8 Å². The molecule has 1 unspecified atom stereocenters. The molecule has 2 heterocycles. The number of hydrogen-bond acceptors (Lipinski definition) is 4. The van der Waals surface area contributed by atoms with E-state index in [0.717, 1.165) is 24.5 Å². The Morgan fingerprint density at radius 2 is 2.28 bits per heavy atom. The summed E-state index contributed by atoms with van der Waals surface area (Å²) in [5.74, 6) is 0.344. The number of nitrogens with zero attached hydrogens (tertiary/aromatic N) is 1. The fourth-order valence-electron chi connectivity index (χ4n) is 1.69. The quantitative estimate of drug-likeness (QED) is 0.900. The molecule has 0 spiro atoms. The summed E-state index contributed by atoms with van der Waals surface area (Å²) in [6.45, 7) is 6.02. The molecule has 1 aromatic heterocycles. The Morgan fingerprint density at radius 3 is 2.78 bits per heavy atom. The minimum atomic E-state index is -0.0446. The monoisotopic (exact) mass is 311 g/mol. The molecule has 0 aliphatic carbocycles. The second-order valence-electron chi connectivity index (χ2n) is 4.39. The lowest BCUT2D eigenvalue weighted by Gasteiger charge is -2.09. The topological polar surface area (TPSA) is 54.0 Å². The number of nitrogens with one attached hydrogen (secondary N) is 2. The summed E-state index contributed by atoms with van der Waals surface area (Å²) in [5, 5.41) is 9.07. The Kier molecular flexibility index (Phi) is 7.78. The zero-order chi connectivity index (χ0) is 11.5. The van der Waals surface area contributed by atoms with Crippen LogP contribution in [0.5, 0.6) is 0 Å². The van der Waals surface area contributed by atoms with Crippen LogP contribution in [0.1, 0.15) is 41.7 Å². The minimum Gasteiger partial charge on any atom is -0.347 e. The molecule has 7 heteroatoms. The summed E-state index contributed by atoms with van der Waals surface area (Å²) in [7, 11) is 0. The van der Waals surface area contributed by atoms with Crippen LogP contribution in [0.4, 0.5) is 0 Å². The van der Waals surface area contributed by atoms with E-state index in [4.69, 9.17) is 0 Å². The van der Waals surface area contributed by atoms with Crippen LogP contribution in [-0.4, -0.2) is 30.0 Å². The second kappa shape index (κ2) is 7.94. The second-order valence-corrected chi connectivity index (χ2v) is 5.28. The van der Waals surface area contributed by atoms with Gasteiger partial charge in [0, 0.05) is 23.9 Å². The van der Waals surface area contributed by atoms with Gasteiger partial charge in [0.15, 0.2) is 0 Å². The van der Waals surface area contributed by atoms with Crippen molar-refractivity contribution >= 4 is 42.1 Å². The summed E-state index contributed by atoms with van der Waals surface area (Å²) in [6.07, 6.45) is 1.01. The van der Waals surface area contributed by atoms with Gasteiger partial charge in [-0.15, -0.1) is 36.2 Å². The van der Waals surface area contributed by atoms with Crippen molar-refractivity contribution in [3.05, 3.63) is 16.1 Å². The highest BCUT2D eigenvalue weighted by Crippen LogP contribution is 2.19. The van der Waals surface area contributed by atoms with Gasteiger partial charge in [-0.25, -0.2) is 4.98 Å². The minimum absolute atomic E-state index is 0. The van der Waals surface area contributed by atoms with E-state index in [2.05, 4.69) is 29.5 Å². The molecule has 1 aliphatic heterocycles. The predicted octanol–water partition coefficient (Wildman–Crippen LogP) is 2.20. The highest BCUT2D eigenvalue weighted by atomic mass is 35.5. The Bertz CT molecular complexity index is 378. The van der Waals surface area contributed by atoms with Crippen molar-refractivity contribution in [2.24, 2.45) is 0 Å². The van der Waals surface area contributed by atoms with Crippen molar-refractivity contribution < 1.29 is 4.79 Å². The number of thiazole rings is 1. The van der Waals surface area contributed by atoms with Gasteiger partial charge in [-0.2, -0.15) is 0 Å². The summed E-state index contributed by atoms with van der Waals surface area (Å²) < 4.78 is 0.